The number of nitrogens with zero attached hydrogens (tertiary/aromatic N) is 5. The third kappa shape index (κ3) is 3.95. The highest BCUT2D eigenvalue weighted by Crippen LogP contribution is 2.13. The summed E-state index contributed by atoms with van der Waals surface area (Å²) in [6, 6.07) is 10.8. The minimum absolute atomic E-state index is 0. The lowest BCUT2D eigenvalue weighted by molar-refractivity contribution is 0.0973. The van der Waals surface area contributed by atoms with Gasteiger partial charge in [-0.25, -0.2) is 0 Å². The number of hydrogen-bond acceptors (Lipinski definition) is 5. The van der Waals surface area contributed by atoms with Crippen LogP contribution in [0, 0.1) is 0 Å². The third-order valence-electron chi connectivity index (χ3n) is 4.87. The molecule has 0 amide bonds. The van der Waals surface area contributed by atoms with Crippen LogP contribution < -0.4 is 5.32 Å². The normalized spacial score (nSPS) is 22.4. The Bertz CT molecular complexity index is 617. The summed E-state index contributed by atoms with van der Waals surface area (Å²) in [5.74, 6) is 0. The lowest BCUT2D eigenvalue weighted by Crippen LogP contribution is -2.50. The summed E-state index contributed by atoms with van der Waals surface area (Å²) in [7, 11) is 0. The van der Waals surface area contributed by atoms with Gasteiger partial charge in [0, 0.05) is 45.3 Å². The standard InChI is InChI=1S/C17H24N6.ClH/c1-2-4-16(5-3-1)23-19-12-15(20-23)14-21-8-10-22(11-9-21)17-6-7-18-13-17;/h1-5,12,17-18H,6-11,13-14H2;1H. The van der Waals surface area contributed by atoms with E-state index >= 15 is 0 Å². The molecule has 24 heavy (non-hydrogen) atoms. The highest BCUT2D eigenvalue weighted by Gasteiger charge is 2.26. The fourth-order valence-electron chi connectivity index (χ4n) is 3.52. The number of hydrogen-bond donors (Lipinski definition) is 1. The third-order valence-corrected chi connectivity index (χ3v) is 4.87. The van der Waals surface area contributed by atoms with Crippen molar-refractivity contribution in [3.8, 4) is 5.69 Å². The van der Waals surface area contributed by atoms with Crippen LogP contribution in [0.5, 0.6) is 0 Å². The minimum Gasteiger partial charge on any atom is -0.315 e. The molecule has 2 fully saturated rings. The number of benzene rings is 1. The highest BCUT2D eigenvalue weighted by molar-refractivity contribution is 5.85. The SMILES string of the molecule is Cl.c1ccc(-n2ncc(CN3CCN(C4CCNC4)CC3)n2)cc1. The molecule has 7 heteroatoms. The first-order chi connectivity index (χ1) is 11.4. The van der Waals surface area contributed by atoms with Gasteiger partial charge in [-0.1, -0.05) is 18.2 Å². The van der Waals surface area contributed by atoms with Crippen molar-refractivity contribution in [3.63, 3.8) is 0 Å². The van der Waals surface area contributed by atoms with Gasteiger partial charge in [0.2, 0.25) is 0 Å². The van der Waals surface area contributed by atoms with Gasteiger partial charge >= 0.3 is 0 Å². The van der Waals surface area contributed by atoms with Crippen molar-refractivity contribution in [2.24, 2.45) is 0 Å². The topological polar surface area (TPSA) is 49.2 Å². The predicted octanol–water partition coefficient (Wildman–Crippen LogP) is 1.17. The lowest BCUT2D eigenvalue weighted by Gasteiger charge is -2.37. The summed E-state index contributed by atoms with van der Waals surface area (Å²) in [6.45, 7) is 7.80. The molecule has 0 spiro atoms. The van der Waals surface area contributed by atoms with Crippen LogP contribution in [0.2, 0.25) is 0 Å². The smallest absolute Gasteiger partial charge is 0.0971 e. The number of halogens is 1. The zero-order valence-electron chi connectivity index (χ0n) is 13.8. The monoisotopic (exact) mass is 348 g/mol. The number of nitrogens with one attached hydrogen (secondary N) is 1. The van der Waals surface area contributed by atoms with Gasteiger partial charge in [-0.3, -0.25) is 9.80 Å². The molecule has 4 rings (SSSR count). The molecule has 3 heterocycles. The Morgan fingerprint density at radius 2 is 1.88 bits per heavy atom. The second kappa shape index (κ2) is 8.07. The zero-order valence-corrected chi connectivity index (χ0v) is 14.7. The maximum absolute atomic E-state index is 4.61. The van der Waals surface area contributed by atoms with Crippen LogP contribution in [-0.4, -0.2) is 70.1 Å². The molecule has 0 aliphatic carbocycles. The molecule has 1 aromatic carbocycles. The number of aromatic nitrogens is 3. The highest BCUT2D eigenvalue weighted by atomic mass is 35.5. The molecular formula is C17H25ClN6. The van der Waals surface area contributed by atoms with Gasteiger partial charge in [-0.2, -0.15) is 15.0 Å². The zero-order chi connectivity index (χ0) is 15.5. The van der Waals surface area contributed by atoms with E-state index in [0.717, 1.165) is 43.6 Å². The van der Waals surface area contributed by atoms with E-state index in [2.05, 4.69) is 25.3 Å². The first kappa shape index (κ1) is 17.4. The van der Waals surface area contributed by atoms with E-state index in [1.165, 1.54) is 26.1 Å². The van der Waals surface area contributed by atoms with Crippen molar-refractivity contribution in [2.45, 2.75) is 19.0 Å². The maximum Gasteiger partial charge on any atom is 0.0971 e. The fourth-order valence-corrected chi connectivity index (χ4v) is 3.52. The molecule has 6 nitrogen and oxygen atoms in total. The molecule has 2 aromatic rings. The van der Waals surface area contributed by atoms with Gasteiger partial charge in [-0.05, 0) is 25.1 Å². The summed E-state index contributed by atoms with van der Waals surface area (Å²) in [5.41, 5.74) is 2.06. The van der Waals surface area contributed by atoms with Crippen LogP contribution in [0.3, 0.4) is 0 Å². The molecule has 0 radical (unpaired) electrons. The second-order valence-corrected chi connectivity index (χ2v) is 6.42. The lowest BCUT2D eigenvalue weighted by atomic mass is 10.2. The molecule has 1 aromatic heterocycles. The molecular weight excluding hydrogens is 324 g/mol. The first-order valence-electron chi connectivity index (χ1n) is 8.52. The van der Waals surface area contributed by atoms with Crippen LogP contribution in [0.25, 0.3) is 5.69 Å². The van der Waals surface area contributed by atoms with E-state index in [-0.39, 0.29) is 12.4 Å². The first-order valence-corrected chi connectivity index (χ1v) is 8.52. The fraction of sp³-hybridized carbons (Fsp3) is 0.529. The minimum atomic E-state index is 0. The van der Waals surface area contributed by atoms with Crippen molar-refractivity contribution in [1.82, 2.24) is 30.1 Å². The van der Waals surface area contributed by atoms with Crippen molar-refractivity contribution < 1.29 is 0 Å². The number of rotatable bonds is 4. The van der Waals surface area contributed by atoms with Crippen LogP contribution >= 0.6 is 12.4 Å². The number of para-hydroxylation sites is 1. The predicted molar refractivity (Wildman–Crippen MR) is 96.7 cm³/mol. The van der Waals surface area contributed by atoms with Crippen LogP contribution in [0.15, 0.2) is 36.5 Å². The van der Waals surface area contributed by atoms with Gasteiger partial charge in [0.25, 0.3) is 0 Å². The van der Waals surface area contributed by atoms with E-state index in [0.29, 0.717) is 0 Å². The van der Waals surface area contributed by atoms with Crippen molar-refractivity contribution >= 4 is 12.4 Å². The molecule has 0 bridgehead atoms. The molecule has 1 N–H and O–H groups in total. The Hall–Kier alpha value is -1.47. The van der Waals surface area contributed by atoms with Gasteiger partial charge in [0.1, 0.15) is 0 Å². The molecule has 130 valence electrons. The van der Waals surface area contributed by atoms with E-state index in [4.69, 9.17) is 0 Å². The van der Waals surface area contributed by atoms with Crippen LogP contribution in [0.4, 0.5) is 0 Å². The Labute approximate surface area is 149 Å². The van der Waals surface area contributed by atoms with Crippen molar-refractivity contribution in [3.05, 3.63) is 42.2 Å². The van der Waals surface area contributed by atoms with Gasteiger partial charge in [0.05, 0.1) is 17.6 Å². The average molecular weight is 349 g/mol. The van der Waals surface area contributed by atoms with E-state index in [1.807, 2.05) is 36.5 Å². The molecule has 1 unspecified atom stereocenters. The Kier molecular flexibility index (Phi) is 5.84. The second-order valence-electron chi connectivity index (χ2n) is 6.42. The van der Waals surface area contributed by atoms with Gasteiger partial charge in [0.15, 0.2) is 0 Å². The number of piperazine rings is 1. The van der Waals surface area contributed by atoms with Crippen LogP contribution in [-0.2, 0) is 6.54 Å². The molecule has 0 saturated carbocycles. The Balaban J connectivity index is 0.00000169. The molecule has 1 atom stereocenters. The van der Waals surface area contributed by atoms with Crippen molar-refractivity contribution in [1.29, 1.82) is 0 Å². The summed E-state index contributed by atoms with van der Waals surface area (Å²) in [6.07, 6.45) is 3.19. The molecule has 2 aliphatic rings. The van der Waals surface area contributed by atoms with Gasteiger partial charge in [-0.15, -0.1) is 12.4 Å². The average Bonchev–Trinajstić information content (AvgIpc) is 3.28. The molecule has 2 aliphatic heterocycles. The summed E-state index contributed by atoms with van der Waals surface area (Å²) in [5, 5.41) is 12.5. The van der Waals surface area contributed by atoms with E-state index < -0.39 is 0 Å². The quantitative estimate of drug-likeness (QED) is 0.898. The van der Waals surface area contributed by atoms with E-state index in [1.54, 1.807) is 4.80 Å². The summed E-state index contributed by atoms with van der Waals surface area (Å²) in [4.78, 5) is 6.84. The Morgan fingerprint density at radius 1 is 1.08 bits per heavy atom. The largest absolute Gasteiger partial charge is 0.315 e. The van der Waals surface area contributed by atoms with E-state index in [9.17, 15) is 0 Å². The van der Waals surface area contributed by atoms with Gasteiger partial charge < -0.3 is 5.32 Å². The summed E-state index contributed by atoms with van der Waals surface area (Å²) < 4.78 is 0. The Morgan fingerprint density at radius 3 is 2.58 bits per heavy atom. The molecule has 2 saturated heterocycles. The van der Waals surface area contributed by atoms with Crippen molar-refractivity contribution in [2.75, 3.05) is 39.3 Å². The summed E-state index contributed by atoms with van der Waals surface area (Å²) >= 11 is 0. The van der Waals surface area contributed by atoms with Crippen LogP contribution in [0.1, 0.15) is 12.1 Å². The maximum atomic E-state index is 4.61.